The number of nitrogens with two attached hydrogens (primary N) is 1. The molecule has 0 saturated heterocycles. The van der Waals surface area contributed by atoms with E-state index in [0.29, 0.717) is 17.1 Å². The summed E-state index contributed by atoms with van der Waals surface area (Å²) >= 11 is 0. The third kappa shape index (κ3) is 2.20. The zero-order chi connectivity index (χ0) is 13.3. The molecule has 1 aliphatic carbocycles. The molecule has 0 bridgehead atoms. The van der Waals surface area contributed by atoms with Gasteiger partial charge in [0.05, 0.1) is 11.4 Å². The molecule has 100 valence electrons. The molecule has 1 aliphatic rings. The molecule has 6 nitrogen and oxygen atoms in total. The molecule has 2 rings (SSSR count). The lowest BCUT2D eigenvalue weighted by molar-refractivity contribution is 0.0907. The average Bonchev–Trinajstić information content (AvgIpc) is 2.85. The molecule has 0 aromatic carbocycles. The Morgan fingerprint density at radius 3 is 2.89 bits per heavy atom. The van der Waals surface area contributed by atoms with Crippen molar-refractivity contribution in [2.24, 2.45) is 13.0 Å². The minimum absolute atomic E-state index is 0.0390. The number of anilines is 1. The Morgan fingerprint density at radius 2 is 2.33 bits per heavy atom. The number of nitrogens with one attached hydrogen (secondary N) is 1. The van der Waals surface area contributed by atoms with Crippen LogP contribution in [0.25, 0.3) is 0 Å². The zero-order valence-corrected chi connectivity index (χ0v) is 10.8. The summed E-state index contributed by atoms with van der Waals surface area (Å²) in [6.07, 6.45) is 2.91. The highest BCUT2D eigenvalue weighted by Crippen LogP contribution is 2.26. The molecule has 4 N–H and O–H groups in total. The number of carbonyl (C=O) groups excluding carboxylic acids is 1. The van der Waals surface area contributed by atoms with Gasteiger partial charge < -0.3 is 16.2 Å². The summed E-state index contributed by atoms with van der Waals surface area (Å²) in [6, 6.07) is 0.0390. The van der Waals surface area contributed by atoms with Crippen molar-refractivity contribution in [1.29, 1.82) is 0 Å². The normalized spacial score (nSPS) is 23.3. The summed E-state index contributed by atoms with van der Waals surface area (Å²) in [5.74, 6) is -0.0505. The van der Waals surface area contributed by atoms with Gasteiger partial charge in [-0.2, -0.15) is 5.10 Å². The molecule has 2 unspecified atom stereocenters. The van der Waals surface area contributed by atoms with E-state index in [1.54, 1.807) is 14.0 Å². The van der Waals surface area contributed by atoms with E-state index in [2.05, 4.69) is 10.4 Å². The number of aliphatic hydroxyl groups is 1. The lowest BCUT2D eigenvalue weighted by Crippen LogP contribution is -2.39. The van der Waals surface area contributed by atoms with Gasteiger partial charge in [-0.15, -0.1) is 0 Å². The Balaban J connectivity index is 2.12. The number of aliphatic hydroxyl groups excluding tert-OH is 1. The summed E-state index contributed by atoms with van der Waals surface area (Å²) in [6.45, 7) is 1.89. The Bertz CT molecular complexity index is 455. The Labute approximate surface area is 106 Å². The molecule has 1 aromatic heterocycles. The van der Waals surface area contributed by atoms with Gasteiger partial charge in [-0.25, -0.2) is 0 Å². The van der Waals surface area contributed by atoms with Crippen molar-refractivity contribution in [2.75, 3.05) is 12.3 Å². The summed E-state index contributed by atoms with van der Waals surface area (Å²) in [4.78, 5) is 12.2. The van der Waals surface area contributed by atoms with Gasteiger partial charge in [0.25, 0.3) is 5.91 Å². The molecule has 6 heteroatoms. The van der Waals surface area contributed by atoms with Crippen LogP contribution in [0.15, 0.2) is 0 Å². The van der Waals surface area contributed by atoms with Gasteiger partial charge >= 0.3 is 0 Å². The predicted octanol–water partition coefficient (Wildman–Crippen LogP) is 0.202. The first kappa shape index (κ1) is 12.9. The van der Waals surface area contributed by atoms with Crippen molar-refractivity contribution in [2.45, 2.75) is 32.2 Å². The van der Waals surface area contributed by atoms with Crippen LogP contribution in [0.2, 0.25) is 0 Å². The number of aromatic nitrogens is 2. The van der Waals surface area contributed by atoms with Crippen LogP contribution in [-0.4, -0.2) is 33.4 Å². The van der Waals surface area contributed by atoms with Crippen molar-refractivity contribution < 1.29 is 9.90 Å². The van der Waals surface area contributed by atoms with E-state index < -0.39 is 0 Å². The largest absolute Gasteiger partial charge is 0.396 e. The molecule has 1 fully saturated rings. The Kier molecular flexibility index (Phi) is 3.56. The molecule has 1 amide bonds. The van der Waals surface area contributed by atoms with Crippen LogP contribution >= 0.6 is 0 Å². The number of aryl methyl sites for hydroxylation is 2. The van der Waals surface area contributed by atoms with Crippen LogP contribution in [-0.2, 0) is 7.05 Å². The second kappa shape index (κ2) is 4.97. The first-order valence-electron chi connectivity index (χ1n) is 6.25. The van der Waals surface area contributed by atoms with Gasteiger partial charge in [0.2, 0.25) is 0 Å². The van der Waals surface area contributed by atoms with Gasteiger partial charge in [-0.3, -0.25) is 9.48 Å². The van der Waals surface area contributed by atoms with Gasteiger partial charge in [-0.1, -0.05) is 6.42 Å². The minimum Gasteiger partial charge on any atom is -0.396 e. The summed E-state index contributed by atoms with van der Waals surface area (Å²) in [7, 11) is 1.70. The number of hydrogen-bond donors (Lipinski definition) is 3. The number of nitrogens with zero attached hydrogens (tertiary/aromatic N) is 2. The fraction of sp³-hybridized carbons (Fsp3) is 0.667. The van der Waals surface area contributed by atoms with Crippen LogP contribution in [0.3, 0.4) is 0 Å². The number of rotatable bonds is 3. The van der Waals surface area contributed by atoms with Crippen LogP contribution < -0.4 is 11.1 Å². The number of nitrogen functional groups attached to an aromatic ring is 1. The quantitative estimate of drug-likeness (QED) is 0.716. The van der Waals surface area contributed by atoms with E-state index in [1.165, 1.54) is 4.68 Å². The van der Waals surface area contributed by atoms with E-state index in [4.69, 9.17) is 5.73 Å². The SMILES string of the molecule is Cc1nn(C)c(C(=O)NC2CCCC2CO)c1N. The number of hydrogen-bond acceptors (Lipinski definition) is 4. The lowest BCUT2D eigenvalue weighted by atomic mass is 10.0. The van der Waals surface area contributed by atoms with Crippen molar-refractivity contribution in [3.8, 4) is 0 Å². The van der Waals surface area contributed by atoms with Gasteiger partial charge in [0.1, 0.15) is 5.69 Å². The molecule has 0 radical (unpaired) electrons. The molecule has 1 saturated carbocycles. The van der Waals surface area contributed by atoms with Gasteiger partial charge in [0, 0.05) is 25.6 Å². The van der Waals surface area contributed by atoms with Crippen molar-refractivity contribution in [3.63, 3.8) is 0 Å². The lowest BCUT2D eigenvalue weighted by Gasteiger charge is -2.19. The molecular weight excluding hydrogens is 232 g/mol. The molecule has 1 heterocycles. The highest BCUT2D eigenvalue weighted by Gasteiger charge is 2.29. The maximum absolute atomic E-state index is 12.2. The number of carbonyl (C=O) groups is 1. The third-order valence-corrected chi connectivity index (χ3v) is 3.69. The molecule has 1 aromatic rings. The van der Waals surface area contributed by atoms with Crippen LogP contribution in [0.5, 0.6) is 0 Å². The van der Waals surface area contributed by atoms with E-state index in [0.717, 1.165) is 19.3 Å². The zero-order valence-electron chi connectivity index (χ0n) is 10.8. The van der Waals surface area contributed by atoms with E-state index in [1.807, 2.05) is 0 Å². The molecule has 2 atom stereocenters. The van der Waals surface area contributed by atoms with E-state index in [-0.39, 0.29) is 24.5 Å². The second-order valence-corrected chi connectivity index (χ2v) is 4.92. The van der Waals surface area contributed by atoms with E-state index >= 15 is 0 Å². The molecule has 0 spiro atoms. The predicted molar refractivity (Wildman–Crippen MR) is 68.0 cm³/mol. The first-order valence-corrected chi connectivity index (χ1v) is 6.25. The van der Waals surface area contributed by atoms with Crippen molar-refractivity contribution in [3.05, 3.63) is 11.4 Å². The smallest absolute Gasteiger partial charge is 0.271 e. The van der Waals surface area contributed by atoms with Crippen molar-refractivity contribution >= 4 is 11.6 Å². The maximum Gasteiger partial charge on any atom is 0.271 e. The third-order valence-electron chi connectivity index (χ3n) is 3.69. The summed E-state index contributed by atoms with van der Waals surface area (Å²) < 4.78 is 1.50. The topological polar surface area (TPSA) is 93.2 Å². The van der Waals surface area contributed by atoms with Crippen LogP contribution in [0, 0.1) is 12.8 Å². The van der Waals surface area contributed by atoms with E-state index in [9.17, 15) is 9.90 Å². The van der Waals surface area contributed by atoms with Crippen LogP contribution in [0.4, 0.5) is 5.69 Å². The monoisotopic (exact) mass is 252 g/mol. The van der Waals surface area contributed by atoms with Gasteiger partial charge in [-0.05, 0) is 19.8 Å². The second-order valence-electron chi connectivity index (χ2n) is 4.92. The van der Waals surface area contributed by atoms with Crippen molar-refractivity contribution in [1.82, 2.24) is 15.1 Å². The first-order chi connectivity index (χ1) is 8.54. The fourth-order valence-corrected chi connectivity index (χ4v) is 2.63. The summed E-state index contributed by atoms with van der Waals surface area (Å²) in [5, 5.41) is 16.3. The Hall–Kier alpha value is -1.56. The minimum atomic E-state index is -0.207. The van der Waals surface area contributed by atoms with Gasteiger partial charge in [0.15, 0.2) is 0 Å². The highest BCUT2D eigenvalue weighted by atomic mass is 16.3. The maximum atomic E-state index is 12.2. The number of amides is 1. The highest BCUT2D eigenvalue weighted by molar-refractivity contribution is 5.98. The molecule has 0 aliphatic heterocycles. The standard InChI is InChI=1S/C12H20N4O2/c1-7-10(13)11(16(2)15-7)12(18)14-9-5-3-4-8(9)6-17/h8-9,17H,3-6,13H2,1-2H3,(H,14,18). The molecular formula is C12H20N4O2. The van der Waals surface area contributed by atoms with Crippen LogP contribution in [0.1, 0.15) is 35.4 Å². The average molecular weight is 252 g/mol. The molecule has 18 heavy (non-hydrogen) atoms. The fourth-order valence-electron chi connectivity index (χ4n) is 2.63. The Morgan fingerprint density at radius 1 is 1.61 bits per heavy atom. The summed E-state index contributed by atoms with van der Waals surface area (Å²) in [5.41, 5.74) is 7.34.